The van der Waals surface area contributed by atoms with Gasteiger partial charge < -0.3 is 4.74 Å². The van der Waals surface area contributed by atoms with Gasteiger partial charge in [0.05, 0.1) is 0 Å². The highest BCUT2D eigenvalue weighted by Crippen LogP contribution is 2.05. The van der Waals surface area contributed by atoms with Crippen molar-refractivity contribution in [3.63, 3.8) is 0 Å². The van der Waals surface area contributed by atoms with Gasteiger partial charge in [0.25, 0.3) is 0 Å². The van der Waals surface area contributed by atoms with Crippen molar-refractivity contribution in [1.82, 2.24) is 0 Å². The van der Waals surface area contributed by atoms with E-state index in [2.05, 4.69) is 0 Å². The first-order valence-electron chi connectivity index (χ1n) is 4.94. The highest BCUT2D eigenvalue weighted by Gasteiger charge is 2.22. The number of hydrogen-bond acceptors (Lipinski definition) is 3. The fourth-order valence-electron chi connectivity index (χ4n) is 1.10. The zero-order chi connectivity index (χ0) is 12.0. The van der Waals surface area contributed by atoms with Gasteiger partial charge in [0.15, 0.2) is 5.78 Å². The van der Waals surface area contributed by atoms with Crippen LogP contribution in [0.5, 0.6) is 0 Å². The Hall–Kier alpha value is -1.71. The van der Waals surface area contributed by atoms with Crippen molar-refractivity contribution in [1.29, 1.82) is 0 Å². The van der Waals surface area contributed by atoms with Gasteiger partial charge in [-0.2, -0.15) is 0 Å². The number of carbonyl (C=O) groups excluding carboxylic acids is 2. The predicted octanol–water partition coefficient (Wildman–Crippen LogP) is 1.90. The number of hydrogen-bond donors (Lipinski definition) is 0. The summed E-state index contributed by atoms with van der Waals surface area (Å²) in [4.78, 5) is 22.2. The number of halogens is 1. The van der Waals surface area contributed by atoms with Crippen LogP contribution in [0.25, 0.3) is 0 Å². The molecule has 1 atom stereocenters. The smallest absolute Gasteiger partial charge is 0.316 e. The van der Waals surface area contributed by atoms with Gasteiger partial charge in [-0.3, -0.25) is 9.59 Å². The maximum atomic E-state index is 12.0. The summed E-state index contributed by atoms with van der Waals surface area (Å²) in [6.45, 7) is 0.306. The maximum absolute atomic E-state index is 12.0. The lowest BCUT2D eigenvalue weighted by Crippen LogP contribution is -2.24. The summed E-state index contributed by atoms with van der Waals surface area (Å²) in [5.74, 6) is -2.47. The minimum atomic E-state index is -1.14. The van der Waals surface area contributed by atoms with Crippen LogP contribution in [0.15, 0.2) is 30.3 Å². The lowest BCUT2D eigenvalue weighted by atomic mass is 10.1. The van der Waals surface area contributed by atoms with E-state index in [1.165, 1.54) is 6.92 Å². The van der Waals surface area contributed by atoms with Crippen molar-refractivity contribution in [3.8, 4) is 0 Å². The minimum Gasteiger partial charge on any atom is -0.460 e. The molecule has 86 valence electrons. The Morgan fingerprint density at radius 2 is 1.94 bits per heavy atom. The van der Waals surface area contributed by atoms with Crippen molar-refractivity contribution < 1.29 is 18.7 Å². The molecule has 0 amide bonds. The number of rotatable bonds is 5. The average molecular weight is 224 g/mol. The van der Waals surface area contributed by atoms with E-state index in [4.69, 9.17) is 4.74 Å². The first-order chi connectivity index (χ1) is 7.65. The van der Waals surface area contributed by atoms with Gasteiger partial charge in [0.1, 0.15) is 19.2 Å². The molecule has 3 nitrogen and oxygen atoms in total. The van der Waals surface area contributed by atoms with Crippen LogP contribution >= 0.6 is 0 Å². The van der Waals surface area contributed by atoms with Gasteiger partial charge in [0.2, 0.25) is 0 Å². The van der Waals surface area contributed by atoms with Crippen LogP contribution in [0, 0.1) is 5.92 Å². The van der Waals surface area contributed by atoms with Crippen molar-refractivity contribution >= 4 is 11.8 Å². The third-order valence-corrected chi connectivity index (χ3v) is 2.19. The fraction of sp³-hybridized carbons (Fsp3) is 0.333. The standard InChI is InChI=1S/C12H13FO3/c1-9(11(14)7-13)12(15)16-8-10-5-3-2-4-6-10/h2-6,9H,7-8H2,1H3. The maximum Gasteiger partial charge on any atom is 0.316 e. The molecule has 0 fully saturated rings. The zero-order valence-corrected chi connectivity index (χ0v) is 8.98. The van der Waals surface area contributed by atoms with E-state index in [1.807, 2.05) is 18.2 Å². The molecule has 0 bridgehead atoms. The summed E-state index contributed by atoms with van der Waals surface area (Å²) in [7, 11) is 0. The molecule has 0 aliphatic heterocycles. The molecule has 4 heteroatoms. The molecule has 1 aromatic rings. The van der Waals surface area contributed by atoms with Crippen LogP contribution in [0.1, 0.15) is 12.5 Å². The number of carbonyl (C=O) groups is 2. The SMILES string of the molecule is CC(C(=O)CF)C(=O)OCc1ccccc1. The van der Waals surface area contributed by atoms with E-state index >= 15 is 0 Å². The van der Waals surface area contributed by atoms with Crippen LogP contribution in [0.4, 0.5) is 4.39 Å². The number of ketones is 1. The second-order valence-electron chi connectivity index (χ2n) is 3.41. The lowest BCUT2D eigenvalue weighted by Gasteiger charge is -2.08. The summed E-state index contributed by atoms with van der Waals surface area (Å²) in [6.07, 6.45) is 0. The molecular weight excluding hydrogens is 211 g/mol. The minimum absolute atomic E-state index is 0.101. The van der Waals surface area contributed by atoms with E-state index in [-0.39, 0.29) is 6.61 Å². The second kappa shape index (κ2) is 6.00. The molecule has 0 N–H and O–H groups in total. The summed E-state index contributed by atoms with van der Waals surface area (Å²) < 4.78 is 16.9. The zero-order valence-electron chi connectivity index (χ0n) is 8.98. The van der Waals surface area contributed by atoms with Gasteiger partial charge in [-0.1, -0.05) is 30.3 Å². The largest absolute Gasteiger partial charge is 0.460 e. The molecule has 1 aromatic carbocycles. The summed E-state index contributed by atoms with van der Waals surface area (Å²) in [6, 6.07) is 9.09. The second-order valence-corrected chi connectivity index (χ2v) is 3.41. The number of ether oxygens (including phenoxy) is 1. The van der Waals surface area contributed by atoms with Crippen LogP contribution < -0.4 is 0 Å². The van der Waals surface area contributed by atoms with E-state index in [0.717, 1.165) is 5.56 Å². The number of esters is 1. The van der Waals surface area contributed by atoms with Gasteiger partial charge in [0, 0.05) is 0 Å². The molecule has 1 rings (SSSR count). The highest BCUT2D eigenvalue weighted by molar-refractivity contribution is 5.99. The van der Waals surface area contributed by atoms with Crippen LogP contribution in [-0.2, 0) is 20.9 Å². The quantitative estimate of drug-likeness (QED) is 0.566. The first kappa shape index (κ1) is 12.4. The van der Waals surface area contributed by atoms with Gasteiger partial charge in [-0.15, -0.1) is 0 Å². The Kier molecular flexibility index (Phi) is 4.64. The Labute approximate surface area is 93.2 Å². The fourth-order valence-corrected chi connectivity index (χ4v) is 1.10. The van der Waals surface area contributed by atoms with Crippen LogP contribution in [0.2, 0.25) is 0 Å². The van der Waals surface area contributed by atoms with E-state index < -0.39 is 24.3 Å². The predicted molar refractivity (Wildman–Crippen MR) is 56.4 cm³/mol. The van der Waals surface area contributed by atoms with Crippen LogP contribution in [0.3, 0.4) is 0 Å². The van der Waals surface area contributed by atoms with E-state index in [0.29, 0.717) is 0 Å². The molecule has 0 spiro atoms. The molecule has 0 heterocycles. The molecule has 0 aromatic heterocycles. The molecule has 0 saturated heterocycles. The lowest BCUT2D eigenvalue weighted by molar-refractivity contribution is -0.152. The Morgan fingerprint density at radius 3 is 2.50 bits per heavy atom. The molecule has 0 aliphatic rings. The van der Waals surface area contributed by atoms with Crippen molar-refractivity contribution in [2.24, 2.45) is 5.92 Å². The summed E-state index contributed by atoms with van der Waals surface area (Å²) >= 11 is 0. The van der Waals surface area contributed by atoms with Crippen LogP contribution in [-0.4, -0.2) is 18.4 Å². The monoisotopic (exact) mass is 224 g/mol. The number of benzene rings is 1. The Bertz CT molecular complexity index is 362. The van der Waals surface area contributed by atoms with Gasteiger partial charge in [-0.25, -0.2) is 4.39 Å². The van der Waals surface area contributed by atoms with E-state index in [9.17, 15) is 14.0 Å². The van der Waals surface area contributed by atoms with E-state index in [1.54, 1.807) is 12.1 Å². The molecule has 0 saturated carbocycles. The summed E-state index contributed by atoms with van der Waals surface area (Å²) in [5.41, 5.74) is 0.829. The average Bonchev–Trinajstić information content (AvgIpc) is 2.35. The third-order valence-electron chi connectivity index (χ3n) is 2.19. The highest BCUT2D eigenvalue weighted by atomic mass is 19.1. The molecular formula is C12H13FO3. The molecule has 16 heavy (non-hydrogen) atoms. The third kappa shape index (κ3) is 3.46. The molecule has 0 radical (unpaired) electrons. The topological polar surface area (TPSA) is 43.4 Å². The Morgan fingerprint density at radius 1 is 1.31 bits per heavy atom. The summed E-state index contributed by atoms with van der Waals surface area (Å²) in [5, 5.41) is 0. The molecule has 1 unspecified atom stereocenters. The normalized spacial score (nSPS) is 11.9. The van der Waals surface area contributed by atoms with Crippen molar-refractivity contribution in [2.45, 2.75) is 13.5 Å². The van der Waals surface area contributed by atoms with Gasteiger partial charge in [-0.05, 0) is 12.5 Å². The van der Waals surface area contributed by atoms with Gasteiger partial charge >= 0.3 is 5.97 Å². The first-order valence-corrected chi connectivity index (χ1v) is 4.94. The molecule has 0 aliphatic carbocycles. The van der Waals surface area contributed by atoms with Crippen molar-refractivity contribution in [3.05, 3.63) is 35.9 Å². The number of Topliss-reactive ketones (excluding diaryl/α,β-unsaturated/α-hetero) is 1. The number of alkyl halides is 1. The Balaban J connectivity index is 2.44. The van der Waals surface area contributed by atoms with Crippen molar-refractivity contribution in [2.75, 3.05) is 6.67 Å².